The van der Waals surface area contributed by atoms with Crippen LogP contribution in [0.1, 0.15) is 20.3 Å². The van der Waals surface area contributed by atoms with E-state index in [1.807, 2.05) is 43.6 Å². The van der Waals surface area contributed by atoms with Crippen LogP contribution in [0.4, 0.5) is 4.39 Å². The zero-order valence-corrected chi connectivity index (χ0v) is 18.7. The quantitative estimate of drug-likeness (QED) is 0.268. The lowest BCUT2D eigenvalue weighted by molar-refractivity contribution is -0.660. The minimum atomic E-state index is -1.36. The Morgan fingerprint density at radius 1 is 1.00 bits per heavy atom. The zero-order valence-electron chi connectivity index (χ0n) is 19.9. The van der Waals surface area contributed by atoms with Crippen LogP contribution in [0.25, 0.3) is 44.3 Å². The Morgan fingerprint density at radius 3 is 2.66 bits per heavy atom. The summed E-state index contributed by atoms with van der Waals surface area (Å²) in [6.07, 6.45) is 1.13. The molecule has 0 atom stereocenters. The van der Waals surface area contributed by atoms with Gasteiger partial charge in [0.25, 0.3) is 0 Å². The predicted octanol–water partition coefficient (Wildman–Crippen LogP) is 7.23. The van der Waals surface area contributed by atoms with E-state index in [1.165, 1.54) is 6.07 Å². The molecular weight excluding hydrogens is 417 g/mol. The molecule has 158 valence electrons. The van der Waals surface area contributed by atoms with Crippen LogP contribution in [0.2, 0.25) is 0 Å². The molecule has 0 amide bonds. The summed E-state index contributed by atoms with van der Waals surface area (Å²) in [5.41, 5.74) is 6.17. The third-order valence-corrected chi connectivity index (χ3v) is 7.28. The average Bonchev–Trinajstić information content (AvgIpc) is 3.17. The Labute approximate surface area is 193 Å². The summed E-state index contributed by atoms with van der Waals surface area (Å²) in [6, 6.07) is 19.0. The summed E-state index contributed by atoms with van der Waals surface area (Å²) >= 11 is 1.62. The highest BCUT2D eigenvalue weighted by molar-refractivity contribution is 7.99. The molecule has 6 rings (SSSR count). The Bertz CT molecular complexity index is 1610. The van der Waals surface area contributed by atoms with Gasteiger partial charge in [0.1, 0.15) is 24.0 Å². The van der Waals surface area contributed by atoms with Crippen molar-refractivity contribution in [2.45, 2.75) is 24.6 Å². The summed E-state index contributed by atoms with van der Waals surface area (Å²) < 4.78 is 40.6. The molecule has 1 aliphatic rings. The normalized spacial score (nSPS) is 16.1. The fourth-order valence-electron chi connectivity index (χ4n) is 4.64. The topological polar surface area (TPSA) is 17.0 Å². The highest BCUT2D eigenvalue weighted by Gasteiger charge is 2.23. The van der Waals surface area contributed by atoms with Crippen molar-refractivity contribution in [2.75, 3.05) is 5.75 Å². The van der Waals surface area contributed by atoms with E-state index in [1.54, 1.807) is 23.9 Å². The van der Waals surface area contributed by atoms with E-state index in [9.17, 15) is 0 Å². The number of thioether (sulfide) groups is 1. The smallest absolute Gasteiger partial charge is 0.216 e. The van der Waals surface area contributed by atoms with Crippen molar-refractivity contribution >= 4 is 33.7 Å². The number of rotatable bonds is 2. The van der Waals surface area contributed by atoms with Crippen molar-refractivity contribution in [1.29, 1.82) is 0 Å². The zero-order chi connectivity index (χ0) is 23.6. The van der Waals surface area contributed by atoms with Crippen LogP contribution in [-0.2, 0) is 13.4 Å². The van der Waals surface area contributed by atoms with Gasteiger partial charge in [0.15, 0.2) is 6.20 Å². The predicted molar refractivity (Wildman–Crippen MR) is 130 cm³/mol. The summed E-state index contributed by atoms with van der Waals surface area (Å²) in [6.45, 7) is 2.06. The summed E-state index contributed by atoms with van der Waals surface area (Å²) in [4.78, 5) is 0.870. The summed E-state index contributed by atoms with van der Waals surface area (Å²) in [7, 11) is 2.00. The second kappa shape index (κ2) is 7.49. The largest absolute Gasteiger partial charge is 0.454 e. The first-order valence-corrected chi connectivity index (χ1v) is 11.7. The molecule has 2 aromatic heterocycles. The number of furan rings is 1. The number of hydrogen-bond acceptors (Lipinski definition) is 2. The monoisotopic (exact) mass is 442 g/mol. The molecule has 0 radical (unpaired) electrons. The molecule has 0 N–H and O–H groups in total. The standard InChI is InChI=1S/C28H23FNOS/c1-17-8-11-20-21-12-13-22(29)26(19-10-9-18-6-5-15-32-24(18)16-19)28(21)31-27(20)25(17)23-7-3-4-14-30(23)2/h3-4,7-14,16H,5-6,15H2,1-2H3/q+1/i6D2. The second-order valence-corrected chi connectivity index (χ2v) is 9.35. The number of halogens is 1. The summed E-state index contributed by atoms with van der Waals surface area (Å²) in [5.74, 6) is 0.358. The number of pyridine rings is 1. The number of hydrogen-bond donors (Lipinski definition) is 0. The van der Waals surface area contributed by atoms with Crippen LogP contribution < -0.4 is 4.57 Å². The Balaban J connectivity index is 1.64. The maximum absolute atomic E-state index is 15.3. The first kappa shape index (κ1) is 17.4. The molecular formula is C28H23FNOS+. The second-order valence-electron chi connectivity index (χ2n) is 8.22. The number of aromatic nitrogens is 1. The Morgan fingerprint density at radius 2 is 1.81 bits per heavy atom. The van der Waals surface area contributed by atoms with Gasteiger partial charge in [-0.15, -0.1) is 11.8 Å². The minimum absolute atomic E-state index is 0.348. The van der Waals surface area contributed by atoms with Gasteiger partial charge >= 0.3 is 0 Å². The molecule has 0 aliphatic carbocycles. The lowest BCUT2D eigenvalue weighted by Gasteiger charge is -2.16. The van der Waals surface area contributed by atoms with E-state index in [2.05, 4.69) is 23.6 Å². The molecule has 1 aliphatic heterocycles. The van der Waals surface area contributed by atoms with Crippen molar-refractivity contribution < 1.29 is 16.1 Å². The first-order chi connectivity index (χ1) is 16.3. The first-order valence-electron chi connectivity index (χ1n) is 11.7. The Hall–Kier alpha value is -3.11. The molecule has 0 unspecified atom stereocenters. The molecule has 0 saturated carbocycles. The molecule has 0 bridgehead atoms. The average molecular weight is 443 g/mol. The van der Waals surface area contributed by atoms with Gasteiger partial charge in [-0.25, -0.2) is 8.96 Å². The van der Waals surface area contributed by atoms with Crippen LogP contribution in [0, 0.1) is 12.7 Å². The third kappa shape index (κ3) is 2.97. The molecule has 5 aromatic rings. The molecule has 3 heterocycles. The molecule has 0 spiro atoms. The maximum atomic E-state index is 15.3. The van der Waals surface area contributed by atoms with E-state index in [-0.39, 0.29) is 5.82 Å². The van der Waals surface area contributed by atoms with Gasteiger partial charge in [-0.2, -0.15) is 0 Å². The van der Waals surface area contributed by atoms with Crippen LogP contribution in [0.3, 0.4) is 0 Å². The van der Waals surface area contributed by atoms with Gasteiger partial charge in [0.2, 0.25) is 5.69 Å². The lowest BCUT2D eigenvalue weighted by Crippen LogP contribution is -2.30. The fraction of sp³-hybridized carbons (Fsp3) is 0.179. The van der Waals surface area contributed by atoms with Crippen LogP contribution in [0.5, 0.6) is 0 Å². The third-order valence-electron chi connectivity index (χ3n) is 6.22. The highest BCUT2D eigenvalue weighted by atomic mass is 32.2. The molecule has 0 saturated heterocycles. The van der Waals surface area contributed by atoms with Crippen molar-refractivity contribution in [3.8, 4) is 22.4 Å². The minimum Gasteiger partial charge on any atom is -0.454 e. The number of benzene rings is 3. The van der Waals surface area contributed by atoms with E-state index in [0.717, 1.165) is 38.1 Å². The van der Waals surface area contributed by atoms with E-state index < -0.39 is 6.37 Å². The Kier molecular flexibility index (Phi) is 4.08. The number of fused-ring (bicyclic) bond motifs is 4. The molecule has 0 fully saturated rings. The van der Waals surface area contributed by atoms with Gasteiger partial charge in [0, 0.05) is 30.5 Å². The fourth-order valence-corrected chi connectivity index (χ4v) is 5.57. The van der Waals surface area contributed by atoms with Gasteiger partial charge in [-0.05, 0) is 66.4 Å². The molecule has 3 aromatic carbocycles. The number of nitrogens with zero attached hydrogens (tertiary/aromatic N) is 1. The van der Waals surface area contributed by atoms with Gasteiger partial charge < -0.3 is 4.42 Å². The van der Waals surface area contributed by atoms with E-state index in [4.69, 9.17) is 7.16 Å². The molecule has 2 nitrogen and oxygen atoms in total. The van der Waals surface area contributed by atoms with Crippen molar-refractivity contribution in [3.05, 3.63) is 83.8 Å². The van der Waals surface area contributed by atoms with Crippen molar-refractivity contribution in [1.82, 2.24) is 0 Å². The molecule has 32 heavy (non-hydrogen) atoms. The van der Waals surface area contributed by atoms with E-state index >= 15 is 4.39 Å². The van der Waals surface area contributed by atoms with Crippen molar-refractivity contribution in [2.24, 2.45) is 7.05 Å². The van der Waals surface area contributed by atoms with Crippen LogP contribution in [0.15, 0.2) is 76.2 Å². The summed E-state index contributed by atoms with van der Waals surface area (Å²) in [5, 5.41) is 1.82. The number of aryl methyl sites for hydroxylation is 3. The van der Waals surface area contributed by atoms with Crippen LogP contribution in [-0.4, -0.2) is 5.75 Å². The lowest BCUT2D eigenvalue weighted by atomic mass is 9.98. The van der Waals surface area contributed by atoms with Gasteiger partial charge in [-0.3, -0.25) is 0 Å². The van der Waals surface area contributed by atoms with E-state index in [0.29, 0.717) is 34.4 Å². The van der Waals surface area contributed by atoms with Gasteiger partial charge in [-0.1, -0.05) is 24.3 Å². The van der Waals surface area contributed by atoms with Crippen LogP contribution >= 0.6 is 11.8 Å². The highest BCUT2D eigenvalue weighted by Crippen LogP contribution is 2.42. The SMILES string of the molecule is [2H]C1([2H])CCSc2cc(-c3c(F)ccc4c3oc3c(-c5cccc[n+]5C)c(C)ccc34)ccc21. The van der Waals surface area contributed by atoms with Crippen molar-refractivity contribution in [3.63, 3.8) is 0 Å². The molecule has 4 heteroatoms. The van der Waals surface area contributed by atoms with Gasteiger partial charge in [0.05, 0.1) is 11.1 Å². The maximum Gasteiger partial charge on any atom is 0.216 e.